The van der Waals surface area contributed by atoms with Crippen molar-refractivity contribution in [3.63, 3.8) is 0 Å². The van der Waals surface area contributed by atoms with Crippen molar-refractivity contribution in [3.05, 3.63) is 24.0 Å². The average Bonchev–Trinajstić information content (AvgIpc) is 2.33. The number of hydrogen-bond acceptors (Lipinski definition) is 5. The van der Waals surface area contributed by atoms with Gasteiger partial charge in [0.2, 0.25) is 0 Å². The molecule has 18 heavy (non-hydrogen) atoms. The Morgan fingerprint density at radius 3 is 2.67 bits per heavy atom. The van der Waals surface area contributed by atoms with E-state index in [1.165, 1.54) is 6.26 Å². The maximum Gasteiger partial charge on any atom is 0.151 e. The summed E-state index contributed by atoms with van der Waals surface area (Å²) < 4.78 is 28.4. The third kappa shape index (κ3) is 3.96. The van der Waals surface area contributed by atoms with E-state index in [9.17, 15) is 8.42 Å². The second-order valence-corrected chi connectivity index (χ2v) is 6.77. The summed E-state index contributed by atoms with van der Waals surface area (Å²) in [6, 6.07) is 1.15. The molecular weight excluding hydrogens is 252 g/mol. The predicted octanol–water partition coefficient (Wildman–Crippen LogP) is 1.30. The van der Waals surface area contributed by atoms with Gasteiger partial charge in [-0.3, -0.25) is 4.98 Å². The van der Waals surface area contributed by atoms with E-state index < -0.39 is 21.1 Å². The van der Waals surface area contributed by atoms with Crippen LogP contribution < -0.4 is 10.5 Å². The summed E-state index contributed by atoms with van der Waals surface area (Å²) >= 11 is 0. The van der Waals surface area contributed by atoms with E-state index in [4.69, 9.17) is 10.5 Å². The van der Waals surface area contributed by atoms with E-state index >= 15 is 0 Å². The number of pyridine rings is 1. The lowest BCUT2D eigenvalue weighted by atomic mass is 10.1. The zero-order valence-electron chi connectivity index (χ0n) is 11.0. The van der Waals surface area contributed by atoms with E-state index in [0.717, 1.165) is 6.42 Å². The maximum atomic E-state index is 11.5. The van der Waals surface area contributed by atoms with Gasteiger partial charge in [0.25, 0.3) is 0 Å². The van der Waals surface area contributed by atoms with Crippen molar-refractivity contribution >= 4 is 9.84 Å². The van der Waals surface area contributed by atoms with Crippen molar-refractivity contribution < 1.29 is 13.2 Å². The van der Waals surface area contributed by atoms with Gasteiger partial charge in [-0.05, 0) is 25.0 Å². The van der Waals surface area contributed by atoms with E-state index in [0.29, 0.717) is 17.9 Å². The molecule has 0 bridgehead atoms. The van der Waals surface area contributed by atoms with Gasteiger partial charge in [-0.15, -0.1) is 0 Å². The fourth-order valence-electron chi connectivity index (χ4n) is 1.45. The molecule has 0 saturated heterocycles. The fourth-order valence-corrected chi connectivity index (χ4v) is 2.14. The number of rotatable bonds is 6. The molecule has 0 aromatic carbocycles. The number of hydrogen-bond donors (Lipinski definition) is 1. The smallest absolute Gasteiger partial charge is 0.151 e. The number of ether oxygens (including phenoxy) is 1. The van der Waals surface area contributed by atoms with E-state index in [1.54, 1.807) is 25.4 Å². The lowest BCUT2D eigenvalue weighted by molar-refractivity contribution is 0.315. The minimum Gasteiger partial charge on any atom is -0.492 e. The third-order valence-corrected chi connectivity index (χ3v) is 4.42. The molecule has 1 aromatic rings. The molecule has 0 radical (unpaired) electrons. The summed E-state index contributed by atoms with van der Waals surface area (Å²) in [4.78, 5) is 4.02. The van der Waals surface area contributed by atoms with Gasteiger partial charge in [-0.25, -0.2) is 8.42 Å². The monoisotopic (exact) mass is 272 g/mol. The van der Waals surface area contributed by atoms with Crippen molar-refractivity contribution in [2.45, 2.75) is 31.6 Å². The predicted molar refractivity (Wildman–Crippen MR) is 71.3 cm³/mol. The Balaban J connectivity index is 2.89. The Morgan fingerprint density at radius 2 is 2.11 bits per heavy atom. The number of aromatic nitrogens is 1. The first-order valence-corrected chi connectivity index (χ1v) is 7.84. The van der Waals surface area contributed by atoms with Gasteiger partial charge < -0.3 is 10.5 Å². The molecule has 0 fully saturated rings. The molecule has 1 heterocycles. The van der Waals surface area contributed by atoms with Crippen molar-refractivity contribution in [2.75, 3.05) is 12.9 Å². The van der Waals surface area contributed by atoms with Crippen LogP contribution in [0.3, 0.4) is 0 Å². The molecule has 0 aliphatic heterocycles. The molecule has 2 N–H and O–H groups in total. The standard InChI is InChI=1S/C12H20N2O3S/c1-4-5-17-11-6-10(7-14-8-11)12(13)9(2)18(3,15)16/h6-9,12H,4-5,13H2,1-3H3. The summed E-state index contributed by atoms with van der Waals surface area (Å²) in [5.74, 6) is 0.616. The van der Waals surface area contributed by atoms with Gasteiger partial charge in [0.1, 0.15) is 5.75 Å². The van der Waals surface area contributed by atoms with Gasteiger partial charge in [0.15, 0.2) is 9.84 Å². The zero-order chi connectivity index (χ0) is 13.8. The summed E-state index contributed by atoms with van der Waals surface area (Å²) in [5.41, 5.74) is 6.62. The fraction of sp³-hybridized carbons (Fsp3) is 0.583. The Bertz CT molecular complexity index is 488. The first-order valence-electron chi connectivity index (χ1n) is 5.88. The summed E-state index contributed by atoms with van der Waals surface area (Å²) in [5, 5.41) is -0.652. The van der Waals surface area contributed by atoms with E-state index in [1.807, 2.05) is 6.92 Å². The molecule has 0 aliphatic rings. The van der Waals surface area contributed by atoms with Gasteiger partial charge in [0.05, 0.1) is 18.1 Å². The largest absolute Gasteiger partial charge is 0.492 e. The van der Waals surface area contributed by atoms with Crippen LogP contribution in [0.1, 0.15) is 31.9 Å². The number of nitrogens with two attached hydrogens (primary N) is 1. The zero-order valence-corrected chi connectivity index (χ0v) is 11.8. The second kappa shape index (κ2) is 6.15. The van der Waals surface area contributed by atoms with Crippen molar-refractivity contribution in [2.24, 2.45) is 5.73 Å². The SMILES string of the molecule is CCCOc1cncc(C(N)C(C)S(C)(=O)=O)c1. The highest BCUT2D eigenvalue weighted by Gasteiger charge is 2.24. The first-order chi connectivity index (χ1) is 8.36. The lowest BCUT2D eigenvalue weighted by Crippen LogP contribution is -2.30. The number of sulfone groups is 1. The van der Waals surface area contributed by atoms with Crippen LogP contribution in [0.4, 0.5) is 0 Å². The molecule has 0 aliphatic carbocycles. The average molecular weight is 272 g/mol. The van der Waals surface area contributed by atoms with Crippen molar-refractivity contribution in [1.29, 1.82) is 0 Å². The van der Waals surface area contributed by atoms with Crippen LogP contribution in [0, 0.1) is 0 Å². The molecule has 5 nitrogen and oxygen atoms in total. The van der Waals surface area contributed by atoms with Gasteiger partial charge >= 0.3 is 0 Å². The van der Waals surface area contributed by atoms with Gasteiger partial charge in [-0.2, -0.15) is 0 Å². The summed E-state index contributed by atoms with van der Waals surface area (Å²) in [7, 11) is -3.17. The van der Waals surface area contributed by atoms with E-state index in [2.05, 4.69) is 4.98 Å². The Hall–Kier alpha value is -1.14. The molecule has 0 saturated carbocycles. The first kappa shape index (κ1) is 14.9. The molecule has 102 valence electrons. The third-order valence-electron chi connectivity index (χ3n) is 2.77. The summed E-state index contributed by atoms with van der Waals surface area (Å²) in [6.07, 6.45) is 5.25. The molecule has 6 heteroatoms. The van der Waals surface area contributed by atoms with Crippen LogP contribution in [0.15, 0.2) is 18.5 Å². The summed E-state index contributed by atoms with van der Waals surface area (Å²) in [6.45, 7) is 4.20. The molecule has 1 aromatic heterocycles. The van der Waals surface area contributed by atoms with Gasteiger partial charge in [-0.1, -0.05) is 6.92 Å². The Kier molecular flexibility index (Phi) is 5.10. The van der Waals surface area contributed by atoms with Crippen molar-refractivity contribution in [1.82, 2.24) is 4.98 Å². The minimum absolute atomic E-state index is 0.599. The van der Waals surface area contributed by atoms with Crippen LogP contribution in [0.2, 0.25) is 0 Å². The van der Waals surface area contributed by atoms with E-state index in [-0.39, 0.29) is 0 Å². The van der Waals surface area contributed by atoms with Crippen LogP contribution >= 0.6 is 0 Å². The van der Waals surface area contributed by atoms with Crippen LogP contribution in [0.25, 0.3) is 0 Å². The Labute approximate surface area is 108 Å². The van der Waals surface area contributed by atoms with Gasteiger partial charge in [0, 0.05) is 18.5 Å². The topological polar surface area (TPSA) is 82.3 Å². The number of nitrogens with zero attached hydrogens (tertiary/aromatic N) is 1. The molecule has 2 unspecified atom stereocenters. The molecule has 0 amide bonds. The normalized spacial score (nSPS) is 15.1. The highest BCUT2D eigenvalue weighted by molar-refractivity contribution is 7.91. The maximum absolute atomic E-state index is 11.5. The molecule has 1 rings (SSSR count). The molecular formula is C12H20N2O3S. The highest BCUT2D eigenvalue weighted by Crippen LogP contribution is 2.22. The minimum atomic E-state index is -3.17. The lowest BCUT2D eigenvalue weighted by Gasteiger charge is -2.18. The Morgan fingerprint density at radius 1 is 1.44 bits per heavy atom. The van der Waals surface area contributed by atoms with Crippen molar-refractivity contribution in [3.8, 4) is 5.75 Å². The van der Waals surface area contributed by atoms with Crippen LogP contribution in [-0.2, 0) is 9.84 Å². The quantitative estimate of drug-likeness (QED) is 0.844. The second-order valence-electron chi connectivity index (χ2n) is 4.36. The molecule has 0 spiro atoms. The van der Waals surface area contributed by atoms with Crippen LogP contribution in [-0.4, -0.2) is 31.5 Å². The van der Waals surface area contributed by atoms with Crippen LogP contribution in [0.5, 0.6) is 5.75 Å². The molecule has 2 atom stereocenters. The highest BCUT2D eigenvalue weighted by atomic mass is 32.2.